The van der Waals surface area contributed by atoms with E-state index in [2.05, 4.69) is 58.8 Å². The Balaban J connectivity index is 1.73. The molecule has 0 fully saturated rings. The number of nitrogens with zero attached hydrogens (tertiary/aromatic N) is 2. The molecule has 1 N–H and O–H groups in total. The minimum Gasteiger partial charge on any atom is -0.341 e. The Morgan fingerprint density at radius 3 is 2.75 bits per heavy atom. The van der Waals surface area contributed by atoms with Crippen molar-refractivity contribution in [3.8, 4) is 11.8 Å². The van der Waals surface area contributed by atoms with Crippen LogP contribution in [0, 0.1) is 18.8 Å². The second kappa shape index (κ2) is 8.95. The number of halogens is 1. The van der Waals surface area contributed by atoms with Crippen molar-refractivity contribution in [3.63, 3.8) is 0 Å². The van der Waals surface area contributed by atoms with E-state index in [1.807, 2.05) is 6.92 Å². The monoisotopic (exact) mass is 393 g/mol. The zero-order chi connectivity index (χ0) is 20.1. The van der Waals surface area contributed by atoms with Crippen molar-refractivity contribution >= 4 is 28.5 Å². The molecule has 0 bridgehead atoms. The van der Waals surface area contributed by atoms with Crippen LogP contribution in [0.3, 0.4) is 0 Å². The molecule has 3 rings (SSSR count). The standard InChI is InChI=1S/C23H24ClN3O/c1-4-7-17-9-12-21-20(15-17)26-22(27(21)5-2)8-6-13-25-23(28)18-10-11-19(24)16(3)14-18/h9-12,14-15H,4-5,7,13H2,1-3H3,(H,25,28). The van der Waals surface area contributed by atoms with Gasteiger partial charge in [-0.1, -0.05) is 36.9 Å². The number of aromatic nitrogens is 2. The van der Waals surface area contributed by atoms with Crippen LogP contribution in [0.1, 0.15) is 47.6 Å². The molecule has 0 unspecified atom stereocenters. The van der Waals surface area contributed by atoms with Gasteiger partial charge in [-0.05, 0) is 67.6 Å². The van der Waals surface area contributed by atoms with Crippen molar-refractivity contribution in [2.24, 2.45) is 0 Å². The smallest absolute Gasteiger partial charge is 0.252 e. The lowest BCUT2D eigenvalue weighted by Crippen LogP contribution is -2.23. The third-order valence-electron chi connectivity index (χ3n) is 4.63. The predicted molar refractivity (Wildman–Crippen MR) is 115 cm³/mol. The molecule has 28 heavy (non-hydrogen) atoms. The van der Waals surface area contributed by atoms with Crippen LogP contribution in [0.25, 0.3) is 11.0 Å². The summed E-state index contributed by atoms with van der Waals surface area (Å²) in [5.41, 5.74) is 4.80. The number of rotatable bonds is 5. The normalized spacial score (nSPS) is 10.6. The summed E-state index contributed by atoms with van der Waals surface area (Å²) in [4.78, 5) is 16.9. The summed E-state index contributed by atoms with van der Waals surface area (Å²) in [6, 6.07) is 11.6. The molecule has 0 spiro atoms. The fraction of sp³-hybridized carbons (Fsp3) is 0.304. The summed E-state index contributed by atoms with van der Waals surface area (Å²) in [5.74, 6) is 6.67. The van der Waals surface area contributed by atoms with E-state index in [0.29, 0.717) is 10.6 Å². The van der Waals surface area contributed by atoms with E-state index in [1.54, 1.807) is 18.2 Å². The maximum Gasteiger partial charge on any atom is 0.252 e. The molecule has 0 atom stereocenters. The Morgan fingerprint density at radius 2 is 2.04 bits per heavy atom. The molecule has 2 aromatic carbocycles. The molecule has 3 aromatic rings. The lowest BCUT2D eigenvalue weighted by atomic mass is 10.1. The van der Waals surface area contributed by atoms with Crippen molar-refractivity contribution in [2.75, 3.05) is 6.54 Å². The Kier molecular flexibility index (Phi) is 6.38. The lowest BCUT2D eigenvalue weighted by molar-refractivity contribution is 0.0958. The zero-order valence-corrected chi connectivity index (χ0v) is 17.2. The fourth-order valence-electron chi connectivity index (χ4n) is 3.17. The van der Waals surface area contributed by atoms with Crippen LogP contribution in [-0.2, 0) is 13.0 Å². The molecule has 1 heterocycles. The van der Waals surface area contributed by atoms with Crippen LogP contribution < -0.4 is 5.32 Å². The maximum atomic E-state index is 12.2. The fourth-order valence-corrected chi connectivity index (χ4v) is 3.29. The van der Waals surface area contributed by atoms with Crippen LogP contribution in [0.15, 0.2) is 36.4 Å². The number of carbonyl (C=O) groups is 1. The molecular formula is C23H24ClN3O. The molecule has 0 aliphatic carbocycles. The van der Waals surface area contributed by atoms with Gasteiger partial charge >= 0.3 is 0 Å². The molecule has 1 amide bonds. The van der Waals surface area contributed by atoms with Crippen molar-refractivity contribution in [2.45, 2.75) is 40.2 Å². The summed E-state index contributed by atoms with van der Waals surface area (Å²) in [6.07, 6.45) is 2.16. The van der Waals surface area contributed by atoms with Gasteiger partial charge in [-0.15, -0.1) is 0 Å². The SMILES string of the molecule is CCCc1ccc2c(c1)nc(C#CCNC(=O)c1ccc(Cl)c(C)c1)n2CC. The first kappa shape index (κ1) is 20.0. The number of carbonyl (C=O) groups excluding carboxylic acids is 1. The van der Waals surface area contributed by atoms with Crippen LogP contribution >= 0.6 is 11.6 Å². The number of imidazole rings is 1. The highest BCUT2D eigenvalue weighted by atomic mass is 35.5. The van der Waals surface area contributed by atoms with Crippen molar-refractivity contribution in [3.05, 3.63) is 63.9 Å². The van der Waals surface area contributed by atoms with E-state index < -0.39 is 0 Å². The molecule has 0 saturated carbocycles. The first-order valence-corrected chi connectivity index (χ1v) is 9.93. The Hall–Kier alpha value is -2.77. The van der Waals surface area contributed by atoms with Gasteiger partial charge in [-0.25, -0.2) is 4.98 Å². The highest BCUT2D eigenvalue weighted by molar-refractivity contribution is 6.31. The molecule has 0 aliphatic heterocycles. The predicted octanol–water partition coefficient (Wildman–Crippen LogP) is 4.75. The topological polar surface area (TPSA) is 46.9 Å². The average Bonchev–Trinajstić information content (AvgIpc) is 3.04. The maximum absolute atomic E-state index is 12.2. The van der Waals surface area contributed by atoms with E-state index in [9.17, 15) is 4.79 Å². The minimum atomic E-state index is -0.165. The highest BCUT2D eigenvalue weighted by Gasteiger charge is 2.09. The number of nitrogens with one attached hydrogen (secondary N) is 1. The molecule has 144 valence electrons. The first-order chi connectivity index (χ1) is 13.5. The van der Waals surface area contributed by atoms with Crippen LogP contribution in [0.2, 0.25) is 5.02 Å². The molecule has 5 heteroatoms. The molecule has 0 aliphatic rings. The van der Waals surface area contributed by atoms with E-state index in [1.165, 1.54) is 5.56 Å². The van der Waals surface area contributed by atoms with Crippen LogP contribution in [-0.4, -0.2) is 22.0 Å². The number of hydrogen-bond donors (Lipinski definition) is 1. The van der Waals surface area contributed by atoms with Gasteiger partial charge in [0.1, 0.15) is 0 Å². The summed E-state index contributed by atoms with van der Waals surface area (Å²) in [6.45, 7) is 7.18. The van der Waals surface area contributed by atoms with Crippen molar-refractivity contribution < 1.29 is 4.79 Å². The van der Waals surface area contributed by atoms with Gasteiger partial charge in [0.2, 0.25) is 0 Å². The van der Waals surface area contributed by atoms with Gasteiger partial charge in [-0.2, -0.15) is 0 Å². The highest BCUT2D eigenvalue weighted by Crippen LogP contribution is 2.19. The van der Waals surface area contributed by atoms with E-state index in [-0.39, 0.29) is 12.5 Å². The zero-order valence-electron chi connectivity index (χ0n) is 16.5. The third-order valence-corrected chi connectivity index (χ3v) is 5.05. The van der Waals surface area contributed by atoms with Crippen molar-refractivity contribution in [1.29, 1.82) is 0 Å². The van der Waals surface area contributed by atoms with Gasteiger partial charge < -0.3 is 9.88 Å². The number of hydrogen-bond acceptors (Lipinski definition) is 2. The second-order valence-corrected chi connectivity index (χ2v) is 7.11. The Labute approximate surface area is 170 Å². The van der Waals surface area contributed by atoms with E-state index in [4.69, 9.17) is 11.6 Å². The van der Waals surface area contributed by atoms with Gasteiger partial charge in [0, 0.05) is 17.1 Å². The summed E-state index contributed by atoms with van der Waals surface area (Å²) in [5, 5.41) is 3.47. The summed E-state index contributed by atoms with van der Waals surface area (Å²) in [7, 11) is 0. The quantitative estimate of drug-likeness (QED) is 0.635. The third kappa shape index (κ3) is 4.37. The molecule has 4 nitrogen and oxygen atoms in total. The Bertz CT molecular complexity index is 1070. The summed E-state index contributed by atoms with van der Waals surface area (Å²) >= 11 is 6.01. The number of amides is 1. The van der Waals surface area contributed by atoms with Gasteiger partial charge in [0.25, 0.3) is 5.91 Å². The van der Waals surface area contributed by atoms with Crippen LogP contribution in [0.4, 0.5) is 0 Å². The molecule has 1 aromatic heterocycles. The average molecular weight is 394 g/mol. The number of fused-ring (bicyclic) bond motifs is 1. The van der Waals surface area contributed by atoms with Gasteiger partial charge in [-0.3, -0.25) is 4.79 Å². The largest absolute Gasteiger partial charge is 0.341 e. The Morgan fingerprint density at radius 1 is 1.21 bits per heavy atom. The van der Waals surface area contributed by atoms with Crippen LogP contribution in [0.5, 0.6) is 0 Å². The molecule has 0 saturated heterocycles. The number of aryl methyl sites for hydroxylation is 3. The van der Waals surface area contributed by atoms with E-state index in [0.717, 1.165) is 41.8 Å². The van der Waals surface area contributed by atoms with E-state index >= 15 is 0 Å². The van der Waals surface area contributed by atoms with Gasteiger partial charge in [0.15, 0.2) is 5.82 Å². The lowest BCUT2D eigenvalue weighted by Gasteiger charge is -2.04. The van der Waals surface area contributed by atoms with Crippen molar-refractivity contribution in [1.82, 2.24) is 14.9 Å². The number of benzene rings is 2. The second-order valence-electron chi connectivity index (χ2n) is 6.70. The molecule has 0 radical (unpaired) electrons. The van der Waals surface area contributed by atoms with Gasteiger partial charge in [0.05, 0.1) is 17.6 Å². The first-order valence-electron chi connectivity index (χ1n) is 9.55. The minimum absolute atomic E-state index is 0.165. The molecular weight excluding hydrogens is 370 g/mol. The summed E-state index contributed by atoms with van der Waals surface area (Å²) < 4.78 is 2.10.